The van der Waals surface area contributed by atoms with Crippen LogP contribution in [0.2, 0.25) is 0 Å². The summed E-state index contributed by atoms with van der Waals surface area (Å²) in [5.74, 6) is -0.960. The molecule has 3 N–H and O–H groups in total. The number of nitrogens with one attached hydrogen (secondary N) is 1. The molecule has 2 aromatic rings. The zero-order chi connectivity index (χ0) is 12.4. The zero-order valence-corrected chi connectivity index (χ0v) is 8.75. The molecule has 0 aliphatic carbocycles. The second kappa shape index (κ2) is 4.17. The van der Waals surface area contributed by atoms with Gasteiger partial charge in [-0.3, -0.25) is 14.7 Å². The Kier molecular flexibility index (Phi) is 2.70. The fourth-order valence-corrected chi connectivity index (χ4v) is 1.49. The average Bonchev–Trinajstić information content (AvgIpc) is 2.61. The summed E-state index contributed by atoms with van der Waals surface area (Å²) in [6, 6.07) is 5.99. The van der Waals surface area contributed by atoms with E-state index in [1.54, 1.807) is 12.1 Å². The van der Waals surface area contributed by atoms with E-state index in [9.17, 15) is 9.59 Å². The molecule has 88 valence electrons. The van der Waals surface area contributed by atoms with Crippen LogP contribution in [0.3, 0.4) is 0 Å². The molecule has 0 amide bonds. The third kappa shape index (κ3) is 2.20. The van der Waals surface area contributed by atoms with Crippen molar-refractivity contribution in [3.8, 4) is 11.4 Å². The Balaban J connectivity index is 2.40. The summed E-state index contributed by atoms with van der Waals surface area (Å²) in [5.41, 5.74) is 0.313. The van der Waals surface area contributed by atoms with Gasteiger partial charge in [-0.15, -0.1) is 0 Å². The molecule has 0 aliphatic heterocycles. The smallest absolute Gasteiger partial charge is 0.308 e. The molecule has 0 radical (unpaired) electrons. The molecule has 0 spiro atoms. The van der Waals surface area contributed by atoms with Gasteiger partial charge in [-0.1, -0.05) is 0 Å². The number of benzene rings is 1. The van der Waals surface area contributed by atoms with Gasteiger partial charge in [0.05, 0.1) is 12.1 Å². The first-order valence-corrected chi connectivity index (χ1v) is 4.88. The second-order valence-electron chi connectivity index (χ2n) is 3.53. The van der Waals surface area contributed by atoms with Crippen molar-refractivity contribution >= 4 is 5.97 Å². The van der Waals surface area contributed by atoms with Crippen LogP contribution in [0.15, 0.2) is 35.3 Å². The maximum Gasteiger partial charge on any atom is 0.308 e. The average molecular weight is 234 g/mol. The van der Waals surface area contributed by atoms with Crippen LogP contribution in [0.4, 0.5) is 0 Å². The van der Waals surface area contributed by atoms with E-state index >= 15 is 0 Å². The van der Waals surface area contributed by atoms with Crippen LogP contribution in [0.25, 0.3) is 5.69 Å². The van der Waals surface area contributed by atoms with E-state index < -0.39 is 11.5 Å². The highest BCUT2D eigenvalue weighted by atomic mass is 16.4. The van der Waals surface area contributed by atoms with Crippen molar-refractivity contribution in [2.75, 3.05) is 0 Å². The highest BCUT2D eigenvalue weighted by Crippen LogP contribution is 2.11. The molecule has 0 bridgehead atoms. The van der Waals surface area contributed by atoms with Gasteiger partial charge >= 0.3 is 5.97 Å². The number of hydrogen-bond acceptors (Lipinski definition) is 3. The molecule has 1 aromatic carbocycles. The van der Waals surface area contributed by atoms with Gasteiger partial charge in [0.25, 0.3) is 5.56 Å². The number of carbonyl (C=O) groups is 1. The maximum atomic E-state index is 11.8. The van der Waals surface area contributed by atoms with Crippen LogP contribution in [-0.2, 0) is 11.2 Å². The van der Waals surface area contributed by atoms with E-state index in [0.29, 0.717) is 5.69 Å². The van der Waals surface area contributed by atoms with Gasteiger partial charge in [0.15, 0.2) is 0 Å². The van der Waals surface area contributed by atoms with Gasteiger partial charge in [-0.05, 0) is 24.3 Å². The molecular weight excluding hydrogens is 224 g/mol. The Hall–Kier alpha value is -2.50. The van der Waals surface area contributed by atoms with Crippen molar-refractivity contribution in [1.29, 1.82) is 0 Å². The third-order valence-corrected chi connectivity index (χ3v) is 2.30. The molecular formula is C11H10N2O4. The van der Waals surface area contributed by atoms with Crippen LogP contribution < -0.4 is 5.56 Å². The van der Waals surface area contributed by atoms with Crippen molar-refractivity contribution in [3.63, 3.8) is 0 Å². The van der Waals surface area contributed by atoms with Gasteiger partial charge < -0.3 is 10.2 Å². The van der Waals surface area contributed by atoms with E-state index in [4.69, 9.17) is 10.2 Å². The first kappa shape index (κ1) is 11.0. The number of carboxylic acid groups (broad SMARTS) is 1. The monoisotopic (exact) mass is 234 g/mol. The Morgan fingerprint density at radius 3 is 2.53 bits per heavy atom. The van der Waals surface area contributed by atoms with Gasteiger partial charge in [0.1, 0.15) is 5.75 Å². The number of aromatic hydroxyl groups is 1. The highest BCUT2D eigenvalue weighted by Gasteiger charge is 2.10. The minimum absolute atomic E-state index is 0.0964. The van der Waals surface area contributed by atoms with Crippen molar-refractivity contribution in [2.24, 2.45) is 0 Å². The van der Waals surface area contributed by atoms with E-state index in [1.807, 2.05) is 0 Å². The van der Waals surface area contributed by atoms with E-state index in [-0.39, 0.29) is 17.7 Å². The number of aromatic amines is 1. The van der Waals surface area contributed by atoms with Crippen molar-refractivity contribution in [1.82, 2.24) is 9.78 Å². The van der Waals surface area contributed by atoms with Crippen LogP contribution >= 0.6 is 0 Å². The molecule has 0 saturated carbocycles. The lowest BCUT2D eigenvalue weighted by Crippen LogP contribution is -2.19. The number of phenolic OH excluding ortho intramolecular Hbond substituents is 1. The third-order valence-electron chi connectivity index (χ3n) is 2.30. The highest BCUT2D eigenvalue weighted by molar-refractivity contribution is 5.69. The summed E-state index contributed by atoms with van der Waals surface area (Å²) in [7, 11) is 0. The van der Waals surface area contributed by atoms with Gasteiger partial charge in [0.2, 0.25) is 0 Å². The largest absolute Gasteiger partial charge is 0.508 e. The Morgan fingerprint density at radius 1 is 1.29 bits per heavy atom. The lowest BCUT2D eigenvalue weighted by atomic mass is 10.2. The molecule has 0 saturated heterocycles. The SMILES string of the molecule is O=C(O)Cc1c[nH]n(-c2ccc(O)cc2)c1=O. The van der Waals surface area contributed by atoms with Crippen LogP contribution in [0, 0.1) is 0 Å². The lowest BCUT2D eigenvalue weighted by Gasteiger charge is -2.00. The predicted molar refractivity (Wildman–Crippen MR) is 59.4 cm³/mol. The number of hydrogen-bond donors (Lipinski definition) is 3. The summed E-state index contributed by atoms with van der Waals surface area (Å²) >= 11 is 0. The minimum Gasteiger partial charge on any atom is -0.508 e. The Labute approximate surface area is 95.7 Å². The summed E-state index contributed by atoms with van der Waals surface area (Å²) in [5, 5.41) is 20.4. The topological polar surface area (TPSA) is 95.3 Å². The molecule has 0 fully saturated rings. The number of aliphatic carboxylic acids is 1. The molecule has 0 atom stereocenters. The molecule has 6 heteroatoms. The number of carboxylic acids is 1. The fraction of sp³-hybridized carbons (Fsp3) is 0.0909. The Morgan fingerprint density at radius 2 is 1.94 bits per heavy atom. The van der Waals surface area contributed by atoms with Crippen LogP contribution in [-0.4, -0.2) is 26.0 Å². The van der Waals surface area contributed by atoms with E-state index in [1.165, 1.54) is 23.0 Å². The number of nitrogens with zero attached hydrogens (tertiary/aromatic N) is 1. The minimum atomic E-state index is -1.06. The summed E-state index contributed by atoms with van der Waals surface area (Å²) < 4.78 is 1.22. The Bertz CT molecular complexity index is 595. The first-order chi connectivity index (χ1) is 8.08. The summed E-state index contributed by atoms with van der Waals surface area (Å²) in [6.45, 7) is 0. The fourth-order valence-electron chi connectivity index (χ4n) is 1.49. The standard InChI is InChI=1S/C11H10N2O4/c14-9-3-1-8(2-4-9)13-11(17)7(6-12-13)5-10(15)16/h1-4,6,12,14H,5H2,(H,15,16). The quantitative estimate of drug-likeness (QED) is 0.720. The molecule has 2 rings (SSSR count). The lowest BCUT2D eigenvalue weighted by molar-refractivity contribution is -0.136. The number of rotatable bonds is 3. The van der Waals surface area contributed by atoms with Crippen LogP contribution in [0.1, 0.15) is 5.56 Å². The molecule has 1 aromatic heterocycles. The van der Waals surface area contributed by atoms with E-state index in [2.05, 4.69) is 5.10 Å². The second-order valence-corrected chi connectivity index (χ2v) is 3.53. The molecule has 0 aliphatic rings. The first-order valence-electron chi connectivity index (χ1n) is 4.88. The van der Waals surface area contributed by atoms with Crippen LogP contribution in [0.5, 0.6) is 5.75 Å². The van der Waals surface area contributed by atoms with Crippen molar-refractivity contribution in [3.05, 3.63) is 46.4 Å². The normalized spacial score (nSPS) is 10.4. The maximum absolute atomic E-state index is 11.8. The number of phenols is 1. The molecule has 6 nitrogen and oxygen atoms in total. The number of aromatic nitrogens is 2. The van der Waals surface area contributed by atoms with E-state index in [0.717, 1.165) is 0 Å². The predicted octanol–water partition coefficient (Wildman–Crippen LogP) is 0.498. The number of H-pyrrole nitrogens is 1. The van der Waals surface area contributed by atoms with Gasteiger partial charge in [-0.25, -0.2) is 4.68 Å². The summed E-state index contributed by atoms with van der Waals surface area (Å²) in [4.78, 5) is 22.3. The van der Waals surface area contributed by atoms with Gasteiger partial charge in [0, 0.05) is 11.8 Å². The molecule has 0 unspecified atom stereocenters. The van der Waals surface area contributed by atoms with Crippen molar-refractivity contribution < 1.29 is 15.0 Å². The van der Waals surface area contributed by atoms with Gasteiger partial charge in [-0.2, -0.15) is 0 Å². The molecule has 17 heavy (non-hydrogen) atoms. The zero-order valence-electron chi connectivity index (χ0n) is 8.75. The molecule has 1 heterocycles. The summed E-state index contributed by atoms with van der Waals surface area (Å²) in [6.07, 6.45) is 1.05. The van der Waals surface area contributed by atoms with Crippen molar-refractivity contribution in [2.45, 2.75) is 6.42 Å².